The lowest BCUT2D eigenvalue weighted by atomic mass is 9.62. The molecule has 0 aromatic heterocycles. The Kier molecular flexibility index (Phi) is 12.0. The third-order valence-corrected chi connectivity index (χ3v) is 20.0. The second-order valence-corrected chi connectivity index (χ2v) is 24.3. The zero-order valence-electron chi connectivity index (χ0n) is 49.8. The van der Waals surface area contributed by atoms with Gasteiger partial charge in [-0.3, -0.25) is 0 Å². The van der Waals surface area contributed by atoms with Crippen molar-refractivity contribution in [2.24, 2.45) is 0 Å². The van der Waals surface area contributed by atoms with Crippen LogP contribution in [0.15, 0.2) is 352 Å². The van der Waals surface area contributed by atoms with Crippen LogP contribution >= 0.6 is 0 Å². The SMILES string of the molecule is c1ccc(C2(c3ccccc3)c3ccccc3Oc3cccc(-c4cccc5c(-c6cccc7c6C(c6ccccc6)(c6ccccc6)c6ccccc6-7)c6cccc(-c7cccc8c7C(c7ccccc7)(c7ccccc7)c7ccccc7O8)c6cc45)c32)cc1. The Hall–Kier alpha value is -11.6. The molecular formula is C89H58O2. The molecule has 2 aliphatic heterocycles. The summed E-state index contributed by atoms with van der Waals surface area (Å²) in [5.41, 5.74) is 20.9. The molecule has 0 N–H and O–H groups in total. The first-order valence-electron chi connectivity index (χ1n) is 31.6. The first kappa shape index (κ1) is 52.5. The maximum atomic E-state index is 7.24. The maximum absolute atomic E-state index is 7.24. The van der Waals surface area contributed by atoms with Gasteiger partial charge in [0.1, 0.15) is 23.0 Å². The van der Waals surface area contributed by atoms with Crippen molar-refractivity contribution in [1.82, 2.24) is 0 Å². The molecule has 18 rings (SSSR count). The van der Waals surface area contributed by atoms with E-state index in [-0.39, 0.29) is 0 Å². The molecule has 0 spiro atoms. The van der Waals surface area contributed by atoms with Crippen molar-refractivity contribution in [3.8, 4) is 67.5 Å². The number of hydrogen-bond acceptors (Lipinski definition) is 2. The lowest BCUT2D eigenvalue weighted by molar-refractivity contribution is 0.435. The fourth-order valence-electron chi connectivity index (χ4n) is 16.6. The van der Waals surface area contributed by atoms with E-state index in [1.54, 1.807) is 0 Å². The van der Waals surface area contributed by atoms with E-state index in [1.165, 1.54) is 44.5 Å². The Morgan fingerprint density at radius 2 is 0.451 bits per heavy atom. The van der Waals surface area contributed by atoms with Crippen LogP contribution in [0.4, 0.5) is 0 Å². The highest BCUT2D eigenvalue weighted by Gasteiger charge is 2.51. The summed E-state index contributed by atoms with van der Waals surface area (Å²) in [6.45, 7) is 0. The summed E-state index contributed by atoms with van der Waals surface area (Å²) in [7, 11) is 0. The molecule has 2 heterocycles. The second-order valence-electron chi connectivity index (χ2n) is 24.3. The topological polar surface area (TPSA) is 18.5 Å². The van der Waals surface area contributed by atoms with E-state index in [0.29, 0.717) is 0 Å². The Bertz CT molecular complexity index is 4970. The van der Waals surface area contributed by atoms with Gasteiger partial charge in [-0.1, -0.05) is 322 Å². The fraction of sp³-hybridized carbons (Fsp3) is 0.0337. The normalized spacial score (nSPS) is 14.2. The molecule has 2 heteroatoms. The van der Waals surface area contributed by atoms with Gasteiger partial charge in [-0.05, 0) is 141 Å². The molecule has 91 heavy (non-hydrogen) atoms. The molecule has 426 valence electrons. The van der Waals surface area contributed by atoms with E-state index in [4.69, 9.17) is 9.47 Å². The molecule has 2 nitrogen and oxygen atoms in total. The van der Waals surface area contributed by atoms with Gasteiger partial charge in [-0.2, -0.15) is 0 Å². The van der Waals surface area contributed by atoms with Gasteiger partial charge in [0.15, 0.2) is 0 Å². The lowest BCUT2D eigenvalue weighted by Crippen LogP contribution is -2.34. The highest BCUT2D eigenvalue weighted by molar-refractivity contribution is 6.20. The second kappa shape index (κ2) is 20.8. The van der Waals surface area contributed by atoms with E-state index in [0.717, 1.165) is 111 Å². The molecule has 15 aromatic rings. The van der Waals surface area contributed by atoms with Crippen molar-refractivity contribution in [3.63, 3.8) is 0 Å². The van der Waals surface area contributed by atoms with Gasteiger partial charge in [-0.15, -0.1) is 0 Å². The molecule has 0 bridgehead atoms. The third-order valence-electron chi connectivity index (χ3n) is 20.0. The van der Waals surface area contributed by atoms with Crippen molar-refractivity contribution >= 4 is 21.5 Å². The maximum Gasteiger partial charge on any atom is 0.132 e. The minimum Gasteiger partial charge on any atom is -0.457 e. The van der Waals surface area contributed by atoms with Crippen LogP contribution in [0, 0.1) is 0 Å². The Morgan fingerprint density at radius 3 is 0.857 bits per heavy atom. The Balaban J connectivity index is 1.01. The molecule has 0 atom stereocenters. The highest BCUT2D eigenvalue weighted by Crippen LogP contribution is 2.63. The monoisotopic (exact) mass is 1160 g/mol. The third kappa shape index (κ3) is 7.48. The van der Waals surface area contributed by atoms with Crippen molar-refractivity contribution < 1.29 is 9.47 Å². The fourth-order valence-corrected chi connectivity index (χ4v) is 16.6. The molecule has 1 aliphatic carbocycles. The van der Waals surface area contributed by atoms with Gasteiger partial charge >= 0.3 is 0 Å². The van der Waals surface area contributed by atoms with E-state index >= 15 is 0 Å². The first-order chi connectivity index (χ1) is 45.2. The van der Waals surface area contributed by atoms with Crippen LogP contribution in [0.1, 0.15) is 66.8 Å². The van der Waals surface area contributed by atoms with Crippen LogP contribution in [0.2, 0.25) is 0 Å². The number of hydrogen-bond donors (Lipinski definition) is 0. The van der Waals surface area contributed by atoms with Gasteiger partial charge in [0.05, 0.1) is 16.2 Å². The standard InChI is InChI=1S/C89H58O2/c1-7-30-59(31-8-1)87(60-32-9-2-10-33-60)76-51-20-19-42-67(76)72-47-27-50-73(84(72)87)83-68-45-25-43-65(70-48-28-56-81-85(70)88(61-34-11-3-12-35-61,62-36-13-4-14-37-62)77-52-21-23-54-79(77)90-81)74(68)58-75-66(44-26-46-69(75)83)71-49-29-57-82-86(71)89(63-38-15-5-16-39-63,64-40-17-6-18-41-64)78-53-22-24-55-80(78)91-82/h1-58H. The van der Waals surface area contributed by atoms with Gasteiger partial charge < -0.3 is 9.47 Å². The van der Waals surface area contributed by atoms with Crippen LogP contribution < -0.4 is 9.47 Å². The molecule has 0 radical (unpaired) electrons. The van der Waals surface area contributed by atoms with Crippen molar-refractivity contribution in [2.45, 2.75) is 16.2 Å². The van der Waals surface area contributed by atoms with Gasteiger partial charge in [-0.25, -0.2) is 0 Å². The van der Waals surface area contributed by atoms with Gasteiger partial charge in [0.2, 0.25) is 0 Å². The molecule has 0 unspecified atom stereocenters. The van der Waals surface area contributed by atoms with Crippen LogP contribution in [-0.2, 0) is 16.2 Å². The number of rotatable bonds is 9. The average Bonchev–Trinajstić information content (AvgIpc) is 1.69. The molecule has 15 aromatic carbocycles. The van der Waals surface area contributed by atoms with Crippen LogP contribution in [-0.4, -0.2) is 0 Å². The molecule has 3 aliphatic rings. The molecule has 0 fully saturated rings. The summed E-state index contributed by atoms with van der Waals surface area (Å²) >= 11 is 0. The van der Waals surface area contributed by atoms with Crippen molar-refractivity contribution in [1.29, 1.82) is 0 Å². The van der Waals surface area contributed by atoms with E-state index in [9.17, 15) is 0 Å². The Morgan fingerprint density at radius 1 is 0.176 bits per heavy atom. The largest absolute Gasteiger partial charge is 0.457 e. The van der Waals surface area contributed by atoms with Crippen LogP contribution in [0.25, 0.3) is 66.1 Å². The molecule has 0 amide bonds. The van der Waals surface area contributed by atoms with E-state index in [2.05, 4.69) is 352 Å². The number of benzene rings is 15. The first-order valence-corrected chi connectivity index (χ1v) is 31.6. The summed E-state index contributed by atoms with van der Waals surface area (Å²) in [4.78, 5) is 0. The predicted octanol–water partition coefficient (Wildman–Crippen LogP) is 22.3. The number of ether oxygens (including phenoxy) is 2. The van der Waals surface area contributed by atoms with Gasteiger partial charge in [0.25, 0.3) is 0 Å². The summed E-state index contributed by atoms with van der Waals surface area (Å²) in [5, 5.41) is 4.55. The summed E-state index contributed by atoms with van der Waals surface area (Å²) in [5.74, 6) is 3.34. The smallest absolute Gasteiger partial charge is 0.132 e. The summed E-state index contributed by atoms with van der Waals surface area (Å²) < 4.78 is 14.5. The summed E-state index contributed by atoms with van der Waals surface area (Å²) in [6, 6.07) is 130. The minimum absolute atomic E-state index is 0.697. The molecule has 0 saturated heterocycles. The van der Waals surface area contributed by atoms with Crippen LogP contribution in [0.5, 0.6) is 23.0 Å². The minimum atomic E-state index is -0.787. The average molecular weight is 1160 g/mol. The van der Waals surface area contributed by atoms with Crippen molar-refractivity contribution in [3.05, 3.63) is 419 Å². The number of para-hydroxylation sites is 2. The van der Waals surface area contributed by atoms with E-state index < -0.39 is 16.2 Å². The van der Waals surface area contributed by atoms with Crippen LogP contribution in [0.3, 0.4) is 0 Å². The lowest BCUT2D eigenvalue weighted by Gasteiger charge is -2.43. The quantitative estimate of drug-likeness (QED) is 0.134. The molecule has 0 saturated carbocycles. The van der Waals surface area contributed by atoms with E-state index in [1.807, 2.05) is 0 Å². The Labute approximate surface area is 530 Å². The van der Waals surface area contributed by atoms with Gasteiger partial charge in [0, 0.05) is 22.3 Å². The zero-order valence-corrected chi connectivity index (χ0v) is 49.8. The highest BCUT2D eigenvalue weighted by atomic mass is 16.5. The zero-order chi connectivity index (χ0) is 60.1. The van der Waals surface area contributed by atoms with Crippen molar-refractivity contribution in [2.75, 3.05) is 0 Å². The summed E-state index contributed by atoms with van der Waals surface area (Å²) in [6.07, 6.45) is 0. The number of fused-ring (bicyclic) bond motifs is 9. The predicted molar refractivity (Wildman–Crippen MR) is 372 cm³/mol. The molecular weight excluding hydrogens is 1100 g/mol.